The Morgan fingerprint density at radius 3 is 1.58 bits per heavy atom. The third kappa shape index (κ3) is 21.7. The Labute approximate surface area is 157 Å². The molecule has 1 N–H and O–H groups in total. The molecule has 0 unspecified atom stereocenters. The molecule has 24 heavy (non-hydrogen) atoms. The lowest BCUT2D eigenvalue weighted by Crippen LogP contribution is -2.16. The van der Waals surface area contributed by atoms with Gasteiger partial charge in [0.25, 0.3) is 0 Å². The minimum atomic E-state index is -0.0709. The number of rotatable bonds is 18. The lowest BCUT2D eigenvalue weighted by molar-refractivity contribution is -0.140. The molecule has 0 fully saturated rings. The highest BCUT2D eigenvalue weighted by Gasteiger charge is 1.99. The summed E-state index contributed by atoms with van der Waals surface area (Å²) < 4.78 is 4.63. The Kier molecular flexibility index (Phi) is 24.6. The highest BCUT2D eigenvalue weighted by molar-refractivity contribution is 5.85. The molecular formula is C20H42ClNO2. The van der Waals surface area contributed by atoms with Crippen LogP contribution in [0.25, 0.3) is 0 Å². The zero-order valence-electron chi connectivity index (χ0n) is 16.2. The van der Waals surface area contributed by atoms with Gasteiger partial charge in [-0.15, -0.1) is 12.4 Å². The van der Waals surface area contributed by atoms with E-state index in [-0.39, 0.29) is 18.4 Å². The fraction of sp³-hybridized carbons (Fsp3) is 0.950. The maximum Gasteiger partial charge on any atom is 0.305 e. The molecule has 0 rings (SSSR count). The quantitative estimate of drug-likeness (QED) is 0.238. The molecule has 3 nitrogen and oxygen atoms in total. The average molecular weight is 364 g/mol. The number of methoxy groups -OCH3 is 1. The maximum absolute atomic E-state index is 10.9. The molecule has 0 bridgehead atoms. The van der Waals surface area contributed by atoms with Crippen LogP contribution in [0.15, 0.2) is 0 Å². The summed E-state index contributed by atoms with van der Waals surface area (Å²) in [5.74, 6) is -0.0709. The molecule has 0 spiro atoms. The number of hydrogen-bond donors (Lipinski definition) is 1. The van der Waals surface area contributed by atoms with Gasteiger partial charge in [-0.1, -0.05) is 77.6 Å². The Bertz CT molecular complexity index is 250. The van der Waals surface area contributed by atoms with Crippen molar-refractivity contribution in [2.75, 3.05) is 20.2 Å². The van der Waals surface area contributed by atoms with Gasteiger partial charge >= 0.3 is 5.97 Å². The summed E-state index contributed by atoms with van der Waals surface area (Å²) in [7, 11) is 1.46. The second-order valence-corrected chi connectivity index (χ2v) is 6.67. The molecule has 0 aliphatic heterocycles. The fourth-order valence-electron chi connectivity index (χ4n) is 2.84. The number of halogens is 1. The maximum atomic E-state index is 10.9. The average Bonchev–Trinajstić information content (AvgIpc) is 2.57. The van der Waals surface area contributed by atoms with Crippen molar-refractivity contribution in [3.8, 4) is 0 Å². The summed E-state index contributed by atoms with van der Waals surface area (Å²) in [4.78, 5) is 10.9. The van der Waals surface area contributed by atoms with Crippen molar-refractivity contribution in [2.45, 2.75) is 103 Å². The van der Waals surface area contributed by atoms with E-state index in [1.165, 1.54) is 97.2 Å². The van der Waals surface area contributed by atoms with Gasteiger partial charge in [0.1, 0.15) is 0 Å². The largest absolute Gasteiger partial charge is 0.469 e. The number of carbonyl (C=O) groups excluding carboxylic acids is 1. The lowest BCUT2D eigenvalue weighted by atomic mass is 10.1. The molecule has 0 aliphatic rings. The van der Waals surface area contributed by atoms with Gasteiger partial charge in [-0.25, -0.2) is 0 Å². The highest BCUT2D eigenvalue weighted by Crippen LogP contribution is 2.10. The zero-order chi connectivity index (χ0) is 17.0. The molecule has 0 aliphatic carbocycles. The standard InChI is InChI=1S/C20H41NO2.ClH/c1-3-4-5-6-12-15-18-21-19-16-13-10-8-7-9-11-14-17-20(22)23-2;/h21H,3-19H2,1-2H3;1H. The van der Waals surface area contributed by atoms with E-state index in [9.17, 15) is 4.79 Å². The first-order valence-corrected chi connectivity index (χ1v) is 10.1. The van der Waals surface area contributed by atoms with Crippen molar-refractivity contribution in [1.82, 2.24) is 5.32 Å². The predicted molar refractivity (Wildman–Crippen MR) is 107 cm³/mol. The van der Waals surface area contributed by atoms with Crippen LogP contribution >= 0.6 is 12.4 Å². The Balaban J connectivity index is 0. The van der Waals surface area contributed by atoms with Gasteiger partial charge in [0.05, 0.1) is 7.11 Å². The fourth-order valence-corrected chi connectivity index (χ4v) is 2.84. The van der Waals surface area contributed by atoms with Crippen LogP contribution < -0.4 is 5.32 Å². The summed E-state index contributed by atoms with van der Waals surface area (Å²) in [5.41, 5.74) is 0. The molecule has 0 saturated carbocycles. The molecule has 0 atom stereocenters. The molecule has 4 heteroatoms. The van der Waals surface area contributed by atoms with Crippen LogP contribution in [0.3, 0.4) is 0 Å². The molecule has 0 radical (unpaired) electrons. The highest BCUT2D eigenvalue weighted by atomic mass is 35.5. The Morgan fingerprint density at radius 2 is 1.12 bits per heavy atom. The normalized spacial score (nSPS) is 10.4. The summed E-state index contributed by atoms with van der Waals surface area (Å²) in [6, 6.07) is 0. The van der Waals surface area contributed by atoms with E-state index in [4.69, 9.17) is 0 Å². The second kappa shape index (κ2) is 22.7. The number of hydrogen-bond acceptors (Lipinski definition) is 3. The lowest BCUT2D eigenvalue weighted by Gasteiger charge is -2.05. The van der Waals surface area contributed by atoms with Crippen molar-refractivity contribution >= 4 is 18.4 Å². The van der Waals surface area contributed by atoms with Crippen LogP contribution in [-0.2, 0) is 9.53 Å². The van der Waals surface area contributed by atoms with Crippen molar-refractivity contribution in [1.29, 1.82) is 0 Å². The SMILES string of the molecule is CCCCCCCCNCCCCCCCCCCC(=O)OC.Cl. The van der Waals surface area contributed by atoms with E-state index in [2.05, 4.69) is 17.0 Å². The van der Waals surface area contributed by atoms with Crippen LogP contribution in [0.4, 0.5) is 0 Å². The van der Waals surface area contributed by atoms with E-state index in [0.717, 1.165) is 12.8 Å². The van der Waals surface area contributed by atoms with E-state index in [1.807, 2.05) is 0 Å². The van der Waals surface area contributed by atoms with Gasteiger partial charge < -0.3 is 10.1 Å². The molecule has 0 amide bonds. The number of nitrogens with one attached hydrogen (secondary N) is 1. The predicted octanol–water partition coefficient (Wildman–Crippen LogP) is 6.04. The summed E-state index contributed by atoms with van der Waals surface area (Å²) in [6.07, 6.45) is 19.0. The van der Waals surface area contributed by atoms with Gasteiger partial charge in [0.15, 0.2) is 0 Å². The van der Waals surface area contributed by atoms with Gasteiger partial charge in [-0.3, -0.25) is 4.79 Å². The van der Waals surface area contributed by atoms with E-state index >= 15 is 0 Å². The minimum absolute atomic E-state index is 0. The number of ether oxygens (including phenoxy) is 1. The molecule has 0 saturated heterocycles. The molecular weight excluding hydrogens is 322 g/mol. The molecule has 0 aromatic carbocycles. The van der Waals surface area contributed by atoms with E-state index < -0.39 is 0 Å². The summed E-state index contributed by atoms with van der Waals surface area (Å²) >= 11 is 0. The first kappa shape index (κ1) is 26.0. The van der Waals surface area contributed by atoms with Crippen molar-refractivity contribution in [3.05, 3.63) is 0 Å². The van der Waals surface area contributed by atoms with Gasteiger partial charge in [0.2, 0.25) is 0 Å². The van der Waals surface area contributed by atoms with E-state index in [0.29, 0.717) is 6.42 Å². The smallest absolute Gasteiger partial charge is 0.305 e. The monoisotopic (exact) mass is 363 g/mol. The molecule has 0 aromatic heterocycles. The van der Waals surface area contributed by atoms with Crippen LogP contribution in [0.5, 0.6) is 0 Å². The second-order valence-electron chi connectivity index (χ2n) is 6.67. The van der Waals surface area contributed by atoms with Gasteiger partial charge in [-0.2, -0.15) is 0 Å². The minimum Gasteiger partial charge on any atom is -0.469 e. The number of carbonyl (C=O) groups is 1. The topological polar surface area (TPSA) is 38.3 Å². The molecule has 146 valence electrons. The van der Waals surface area contributed by atoms with Crippen LogP contribution in [0.2, 0.25) is 0 Å². The van der Waals surface area contributed by atoms with E-state index in [1.54, 1.807) is 0 Å². The third-order valence-corrected chi connectivity index (χ3v) is 4.42. The van der Waals surface area contributed by atoms with Gasteiger partial charge in [-0.05, 0) is 32.4 Å². The number of esters is 1. The van der Waals surface area contributed by atoms with Crippen molar-refractivity contribution in [2.24, 2.45) is 0 Å². The van der Waals surface area contributed by atoms with Gasteiger partial charge in [0, 0.05) is 6.42 Å². The van der Waals surface area contributed by atoms with Crippen molar-refractivity contribution in [3.63, 3.8) is 0 Å². The van der Waals surface area contributed by atoms with Crippen LogP contribution in [0, 0.1) is 0 Å². The van der Waals surface area contributed by atoms with Crippen molar-refractivity contribution < 1.29 is 9.53 Å². The summed E-state index contributed by atoms with van der Waals surface area (Å²) in [5, 5.41) is 3.57. The number of unbranched alkanes of at least 4 members (excludes halogenated alkanes) is 12. The third-order valence-electron chi connectivity index (χ3n) is 4.42. The molecule has 0 heterocycles. The zero-order valence-corrected chi connectivity index (χ0v) is 17.1. The first-order chi connectivity index (χ1) is 11.3. The van der Waals surface area contributed by atoms with Crippen LogP contribution in [-0.4, -0.2) is 26.2 Å². The Hall–Kier alpha value is -0.280. The molecule has 0 aromatic rings. The Morgan fingerprint density at radius 1 is 0.708 bits per heavy atom. The first-order valence-electron chi connectivity index (χ1n) is 10.1. The van der Waals surface area contributed by atoms with Crippen LogP contribution in [0.1, 0.15) is 103 Å². The summed E-state index contributed by atoms with van der Waals surface area (Å²) in [6.45, 7) is 4.66.